The smallest absolute Gasteiger partial charge is 0.262 e. The first kappa shape index (κ1) is 17.2. The summed E-state index contributed by atoms with van der Waals surface area (Å²) in [4.78, 5) is 19.8. The number of carbonyl (C=O) groups is 1. The zero-order valence-corrected chi connectivity index (χ0v) is 13.6. The molecule has 2 aliphatic rings. The van der Waals surface area contributed by atoms with Crippen LogP contribution < -0.4 is 0 Å². The summed E-state index contributed by atoms with van der Waals surface area (Å²) in [6.07, 6.45) is 4.75. The van der Waals surface area contributed by atoms with E-state index in [1.165, 1.54) is 0 Å². The summed E-state index contributed by atoms with van der Waals surface area (Å²) in [5.74, 6) is -2.66. The molecule has 132 valence electrons. The predicted molar refractivity (Wildman–Crippen MR) is 84.7 cm³/mol. The van der Waals surface area contributed by atoms with E-state index in [2.05, 4.69) is 4.98 Å². The van der Waals surface area contributed by atoms with E-state index in [4.69, 9.17) is 0 Å². The van der Waals surface area contributed by atoms with Gasteiger partial charge in [-0.1, -0.05) is 0 Å². The normalized spacial score (nSPS) is 25.1. The van der Waals surface area contributed by atoms with Crippen LogP contribution in [0.5, 0.6) is 0 Å². The molecule has 24 heavy (non-hydrogen) atoms. The van der Waals surface area contributed by atoms with Crippen molar-refractivity contribution in [2.75, 3.05) is 26.2 Å². The first-order chi connectivity index (χ1) is 11.5. The summed E-state index contributed by atoms with van der Waals surface area (Å²) in [7, 11) is 0. The van der Waals surface area contributed by atoms with Gasteiger partial charge in [-0.25, -0.2) is 8.78 Å². The average Bonchev–Trinajstić information content (AvgIpc) is 2.91. The molecule has 1 atom stereocenters. The van der Waals surface area contributed by atoms with E-state index < -0.39 is 12.0 Å². The van der Waals surface area contributed by atoms with Gasteiger partial charge in [-0.15, -0.1) is 0 Å². The number of amides is 1. The Kier molecular flexibility index (Phi) is 5.10. The van der Waals surface area contributed by atoms with E-state index >= 15 is 0 Å². The molecule has 2 saturated heterocycles. The first-order valence-corrected chi connectivity index (χ1v) is 8.39. The largest absolute Gasteiger partial charge is 0.395 e. The maximum atomic E-state index is 13.6. The molecule has 3 rings (SSSR count). The number of aliphatic hydroxyl groups is 1. The predicted octanol–water partition coefficient (Wildman–Crippen LogP) is 1.32. The third-order valence-electron chi connectivity index (χ3n) is 5.02. The SMILES string of the molecule is O=C(Cc1ccncc1)N1CCC(N2CC(F)(F)C[C@H]2CO)CC1. The Balaban J connectivity index is 1.53. The highest BCUT2D eigenvalue weighted by molar-refractivity contribution is 5.78. The van der Waals surface area contributed by atoms with Gasteiger partial charge in [0.2, 0.25) is 5.91 Å². The maximum absolute atomic E-state index is 13.6. The fraction of sp³-hybridized carbons (Fsp3) is 0.647. The quantitative estimate of drug-likeness (QED) is 0.899. The van der Waals surface area contributed by atoms with Crippen molar-refractivity contribution in [1.29, 1.82) is 0 Å². The molecule has 1 aromatic rings. The van der Waals surface area contributed by atoms with Crippen LogP contribution in [0, 0.1) is 0 Å². The molecule has 0 spiro atoms. The second-order valence-electron chi connectivity index (χ2n) is 6.71. The molecule has 0 bridgehead atoms. The summed E-state index contributed by atoms with van der Waals surface area (Å²) in [6, 6.07) is 3.19. The Labute approximate surface area is 140 Å². The van der Waals surface area contributed by atoms with Crippen LogP contribution in [0.3, 0.4) is 0 Å². The fourth-order valence-electron chi connectivity index (χ4n) is 3.75. The van der Waals surface area contributed by atoms with E-state index in [0.717, 1.165) is 5.56 Å². The van der Waals surface area contributed by atoms with Crippen molar-refractivity contribution in [3.05, 3.63) is 30.1 Å². The number of carbonyl (C=O) groups excluding carboxylic acids is 1. The summed E-state index contributed by atoms with van der Waals surface area (Å²) >= 11 is 0. The highest BCUT2D eigenvalue weighted by Crippen LogP contribution is 2.35. The third-order valence-corrected chi connectivity index (χ3v) is 5.02. The number of hydrogen-bond acceptors (Lipinski definition) is 4. The lowest BCUT2D eigenvalue weighted by atomic mass is 10.0. The molecule has 1 amide bonds. The van der Waals surface area contributed by atoms with Crippen LogP contribution in [0.15, 0.2) is 24.5 Å². The number of rotatable bonds is 4. The topological polar surface area (TPSA) is 56.7 Å². The number of piperidine rings is 1. The lowest BCUT2D eigenvalue weighted by Crippen LogP contribution is -2.49. The zero-order chi connectivity index (χ0) is 17.2. The van der Waals surface area contributed by atoms with Gasteiger partial charge in [0.25, 0.3) is 5.92 Å². The van der Waals surface area contributed by atoms with E-state index in [1.54, 1.807) is 22.2 Å². The molecule has 2 fully saturated rings. The van der Waals surface area contributed by atoms with Crippen molar-refractivity contribution in [1.82, 2.24) is 14.8 Å². The zero-order valence-electron chi connectivity index (χ0n) is 13.6. The first-order valence-electron chi connectivity index (χ1n) is 8.39. The van der Waals surface area contributed by atoms with Crippen molar-refractivity contribution in [3.63, 3.8) is 0 Å². The van der Waals surface area contributed by atoms with E-state index in [1.807, 2.05) is 12.1 Å². The van der Waals surface area contributed by atoms with Gasteiger partial charge in [0.1, 0.15) is 0 Å². The summed E-state index contributed by atoms with van der Waals surface area (Å²) < 4.78 is 27.2. The molecular weight excluding hydrogens is 316 g/mol. The van der Waals surface area contributed by atoms with Gasteiger partial charge in [0.05, 0.1) is 19.6 Å². The molecule has 1 N–H and O–H groups in total. The lowest BCUT2D eigenvalue weighted by Gasteiger charge is -2.38. The standard InChI is InChI=1S/C17H23F2N3O2/c18-17(19)10-15(11-23)22(12-17)14-3-7-21(8-4-14)16(24)9-13-1-5-20-6-2-13/h1-2,5-6,14-15,23H,3-4,7-12H2/t15-/m0/s1. The van der Waals surface area contributed by atoms with Gasteiger partial charge >= 0.3 is 0 Å². The van der Waals surface area contributed by atoms with Crippen molar-refractivity contribution in [2.24, 2.45) is 0 Å². The molecule has 0 unspecified atom stereocenters. The minimum atomic E-state index is -2.72. The van der Waals surface area contributed by atoms with Crippen LogP contribution in [0.25, 0.3) is 0 Å². The van der Waals surface area contributed by atoms with Crippen molar-refractivity contribution < 1.29 is 18.7 Å². The summed E-state index contributed by atoms with van der Waals surface area (Å²) in [6.45, 7) is 0.633. The van der Waals surface area contributed by atoms with Gasteiger partial charge in [0, 0.05) is 44.0 Å². The van der Waals surface area contributed by atoms with Gasteiger partial charge in [-0.05, 0) is 30.5 Å². The molecule has 0 aliphatic carbocycles. The molecule has 7 heteroatoms. The molecule has 1 aromatic heterocycles. The Morgan fingerprint density at radius 2 is 1.96 bits per heavy atom. The Morgan fingerprint density at radius 3 is 2.58 bits per heavy atom. The molecule has 0 aromatic carbocycles. The minimum absolute atomic E-state index is 0.0144. The number of nitrogens with zero attached hydrogens (tertiary/aromatic N) is 3. The van der Waals surface area contributed by atoms with Gasteiger partial charge in [-0.2, -0.15) is 0 Å². The van der Waals surface area contributed by atoms with Crippen molar-refractivity contribution >= 4 is 5.91 Å². The number of alkyl halides is 2. The van der Waals surface area contributed by atoms with Crippen LogP contribution in [0.1, 0.15) is 24.8 Å². The molecule has 2 aliphatic heterocycles. The van der Waals surface area contributed by atoms with Gasteiger partial charge in [0.15, 0.2) is 0 Å². The second kappa shape index (κ2) is 7.11. The van der Waals surface area contributed by atoms with E-state index in [9.17, 15) is 18.7 Å². The van der Waals surface area contributed by atoms with Crippen LogP contribution in [-0.4, -0.2) is 70.0 Å². The Bertz CT molecular complexity index is 562. The van der Waals surface area contributed by atoms with E-state index in [-0.39, 0.29) is 31.5 Å². The monoisotopic (exact) mass is 339 g/mol. The number of hydrogen-bond donors (Lipinski definition) is 1. The third kappa shape index (κ3) is 3.89. The van der Waals surface area contributed by atoms with Crippen LogP contribution in [0.4, 0.5) is 8.78 Å². The van der Waals surface area contributed by atoms with E-state index in [0.29, 0.717) is 32.4 Å². The molecular formula is C17H23F2N3O2. The minimum Gasteiger partial charge on any atom is -0.395 e. The maximum Gasteiger partial charge on any atom is 0.262 e. The Hall–Kier alpha value is -1.60. The van der Waals surface area contributed by atoms with Crippen molar-refractivity contribution in [2.45, 2.75) is 43.7 Å². The van der Waals surface area contributed by atoms with Gasteiger partial charge in [-0.3, -0.25) is 14.7 Å². The average molecular weight is 339 g/mol. The van der Waals surface area contributed by atoms with Crippen molar-refractivity contribution in [3.8, 4) is 0 Å². The molecule has 3 heterocycles. The summed E-state index contributed by atoms with van der Waals surface area (Å²) in [5.41, 5.74) is 0.927. The number of likely N-dealkylation sites (tertiary alicyclic amines) is 2. The van der Waals surface area contributed by atoms with Crippen LogP contribution in [0.2, 0.25) is 0 Å². The Morgan fingerprint density at radius 1 is 1.29 bits per heavy atom. The number of halogens is 2. The number of aromatic nitrogens is 1. The highest BCUT2D eigenvalue weighted by Gasteiger charge is 2.47. The summed E-state index contributed by atoms with van der Waals surface area (Å²) in [5, 5.41) is 9.36. The molecule has 5 nitrogen and oxygen atoms in total. The molecule has 0 radical (unpaired) electrons. The van der Waals surface area contributed by atoms with Gasteiger partial charge < -0.3 is 10.0 Å². The number of aliphatic hydroxyl groups excluding tert-OH is 1. The molecule has 0 saturated carbocycles. The second-order valence-corrected chi connectivity index (χ2v) is 6.71. The number of pyridine rings is 1. The van der Waals surface area contributed by atoms with Crippen LogP contribution in [-0.2, 0) is 11.2 Å². The van der Waals surface area contributed by atoms with Crippen LogP contribution >= 0.6 is 0 Å². The highest BCUT2D eigenvalue weighted by atomic mass is 19.3. The lowest BCUT2D eigenvalue weighted by molar-refractivity contribution is -0.132. The fourth-order valence-corrected chi connectivity index (χ4v) is 3.75.